The topological polar surface area (TPSA) is 61.9 Å². The number of hydrogen-bond donors (Lipinski definition) is 1. The minimum absolute atomic E-state index is 0.0471. The second-order valence-corrected chi connectivity index (χ2v) is 9.36. The predicted molar refractivity (Wildman–Crippen MR) is 108 cm³/mol. The van der Waals surface area contributed by atoms with Crippen molar-refractivity contribution in [2.24, 2.45) is 0 Å². The van der Waals surface area contributed by atoms with Gasteiger partial charge in [0.15, 0.2) is 0 Å². The van der Waals surface area contributed by atoms with Crippen molar-refractivity contribution < 1.29 is 26.4 Å². The Morgan fingerprint density at radius 2 is 1.83 bits per heavy atom. The van der Waals surface area contributed by atoms with Crippen molar-refractivity contribution >= 4 is 15.7 Å². The molecular formula is C20H24F3N3O3S. The van der Waals surface area contributed by atoms with Gasteiger partial charge in [-0.1, -0.05) is 30.3 Å². The number of rotatable bonds is 6. The standard InChI is InChI=1S/C20H24F3N3O3S/c1-25(2)17-9-7-15(8-10-17)19-18(13-29-26(19)3)30(27,28)24-12-14-5-4-6-16(11-14)20(21,22)23/h4-11,18-19,24H,12-13H2,1-3H3. The molecule has 0 aromatic heterocycles. The van der Waals surface area contributed by atoms with Crippen molar-refractivity contribution in [2.45, 2.75) is 24.0 Å². The fraction of sp³-hybridized carbons (Fsp3) is 0.400. The Morgan fingerprint density at radius 3 is 2.43 bits per heavy atom. The van der Waals surface area contributed by atoms with Gasteiger partial charge in [-0.15, -0.1) is 0 Å². The molecular weight excluding hydrogens is 419 g/mol. The first-order valence-electron chi connectivity index (χ1n) is 9.26. The average Bonchev–Trinajstić information content (AvgIpc) is 3.08. The van der Waals surface area contributed by atoms with Gasteiger partial charge < -0.3 is 4.90 Å². The van der Waals surface area contributed by atoms with E-state index >= 15 is 0 Å². The summed E-state index contributed by atoms with van der Waals surface area (Å²) < 4.78 is 67.0. The third kappa shape index (κ3) is 4.94. The first-order valence-corrected chi connectivity index (χ1v) is 10.8. The summed E-state index contributed by atoms with van der Waals surface area (Å²) in [6.45, 7) is -0.284. The SMILES string of the molecule is CN(C)c1ccc(C2C(S(=O)(=O)NCc3cccc(C(F)(F)F)c3)CON2C)cc1. The molecule has 0 radical (unpaired) electrons. The third-order valence-corrected chi connectivity index (χ3v) is 6.81. The van der Waals surface area contributed by atoms with Gasteiger partial charge in [0.1, 0.15) is 5.25 Å². The number of alkyl halides is 3. The summed E-state index contributed by atoms with van der Waals surface area (Å²) >= 11 is 0. The van der Waals surface area contributed by atoms with E-state index in [0.29, 0.717) is 0 Å². The lowest BCUT2D eigenvalue weighted by Crippen LogP contribution is -2.39. The van der Waals surface area contributed by atoms with Crippen molar-refractivity contribution in [2.75, 3.05) is 32.6 Å². The van der Waals surface area contributed by atoms with Crippen molar-refractivity contribution in [3.05, 3.63) is 65.2 Å². The van der Waals surface area contributed by atoms with E-state index in [1.807, 2.05) is 43.3 Å². The van der Waals surface area contributed by atoms with Gasteiger partial charge in [-0.25, -0.2) is 13.1 Å². The Bertz CT molecular complexity index is 979. The molecule has 0 amide bonds. The third-order valence-electron chi connectivity index (χ3n) is 5.07. The van der Waals surface area contributed by atoms with Gasteiger partial charge in [0.2, 0.25) is 10.0 Å². The Morgan fingerprint density at radius 1 is 1.17 bits per heavy atom. The molecule has 164 valence electrons. The minimum Gasteiger partial charge on any atom is -0.378 e. The maximum atomic E-state index is 12.9. The van der Waals surface area contributed by atoms with Gasteiger partial charge in [-0.2, -0.15) is 18.2 Å². The van der Waals surface area contributed by atoms with E-state index in [1.165, 1.54) is 17.2 Å². The summed E-state index contributed by atoms with van der Waals surface area (Å²) in [7, 11) is 1.60. The van der Waals surface area contributed by atoms with E-state index in [1.54, 1.807) is 7.05 Å². The van der Waals surface area contributed by atoms with Crippen molar-refractivity contribution in [1.82, 2.24) is 9.79 Å². The van der Waals surface area contributed by atoms with Crippen LogP contribution in [0.15, 0.2) is 48.5 Å². The molecule has 1 aliphatic heterocycles. The highest BCUT2D eigenvalue weighted by Gasteiger charge is 2.43. The molecule has 30 heavy (non-hydrogen) atoms. The lowest BCUT2D eigenvalue weighted by Gasteiger charge is -2.24. The summed E-state index contributed by atoms with van der Waals surface area (Å²) in [5, 5.41) is 0.595. The monoisotopic (exact) mass is 443 g/mol. The fourth-order valence-electron chi connectivity index (χ4n) is 3.40. The molecule has 2 aromatic rings. The number of hydroxylamine groups is 2. The van der Waals surface area contributed by atoms with Gasteiger partial charge >= 0.3 is 6.18 Å². The van der Waals surface area contributed by atoms with Gasteiger partial charge in [-0.3, -0.25) is 4.84 Å². The molecule has 10 heteroatoms. The number of benzene rings is 2. The second-order valence-electron chi connectivity index (χ2n) is 7.38. The molecule has 1 saturated heterocycles. The molecule has 1 aliphatic rings. The van der Waals surface area contributed by atoms with Crippen molar-refractivity contribution in [1.29, 1.82) is 0 Å². The quantitative estimate of drug-likeness (QED) is 0.743. The summed E-state index contributed by atoms with van der Waals surface area (Å²) in [6, 6.07) is 11.5. The highest BCUT2D eigenvalue weighted by atomic mass is 32.2. The van der Waals surface area contributed by atoms with Crippen LogP contribution in [0.25, 0.3) is 0 Å². The maximum Gasteiger partial charge on any atom is 0.416 e. The summed E-state index contributed by atoms with van der Waals surface area (Å²) in [6.07, 6.45) is -4.49. The van der Waals surface area contributed by atoms with Crippen molar-refractivity contribution in [3.63, 3.8) is 0 Å². The van der Waals surface area contributed by atoms with Crippen LogP contribution in [-0.2, 0) is 27.6 Å². The average molecular weight is 443 g/mol. The van der Waals surface area contributed by atoms with Crippen LogP contribution in [0, 0.1) is 0 Å². The van der Waals surface area contributed by atoms with Crippen LogP contribution in [0.1, 0.15) is 22.7 Å². The number of halogens is 3. The Balaban J connectivity index is 1.77. The molecule has 0 spiro atoms. The highest BCUT2D eigenvalue weighted by Crippen LogP contribution is 2.34. The van der Waals surface area contributed by atoms with E-state index in [0.717, 1.165) is 23.4 Å². The minimum atomic E-state index is -4.49. The number of anilines is 1. The lowest BCUT2D eigenvalue weighted by molar-refractivity contribution is -0.137. The van der Waals surface area contributed by atoms with Gasteiger partial charge in [-0.05, 0) is 29.3 Å². The fourth-order valence-corrected chi connectivity index (χ4v) is 4.89. The Kier molecular flexibility index (Phi) is 6.42. The number of sulfonamides is 1. The second kappa shape index (κ2) is 8.54. The molecule has 2 aromatic carbocycles. The summed E-state index contributed by atoms with van der Waals surface area (Å²) in [5.74, 6) is 0. The summed E-state index contributed by atoms with van der Waals surface area (Å²) in [4.78, 5) is 7.40. The number of nitrogens with one attached hydrogen (secondary N) is 1. The Hall–Kier alpha value is -2.14. The molecule has 0 aliphatic carbocycles. The zero-order valence-electron chi connectivity index (χ0n) is 16.8. The van der Waals surface area contributed by atoms with Crippen LogP contribution >= 0.6 is 0 Å². The molecule has 1 fully saturated rings. The van der Waals surface area contributed by atoms with E-state index in [9.17, 15) is 21.6 Å². The van der Waals surface area contributed by atoms with E-state index < -0.39 is 33.1 Å². The van der Waals surface area contributed by atoms with Gasteiger partial charge in [0.25, 0.3) is 0 Å². The molecule has 2 atom stereocenters. The van der Waals surface area contributed by atoms with Crippen LogP contribution in [0.3, 0.4) is 0 Å². The zero-order valence-corrected chi connectivity index (χ0v) is 17.7. The van der Waals surface area contributed by atoms with Crippen LogP contribution in [0.4, 0.5) is 18.9 Å². The van der Waals surface area contributed by atoms with Gasteiger partial charge in [0, 0.05) is 33.4 Å². The first kappa shape index (κ1) is 22.5. The van der Waals surface area contributed by atoms with E-state index in [4.69, 9.17) is 4.84 Å². The highest BCUT2D eigenvalue weighted by molar-refractivity contribution is 7.90. The molecule has 3 rings (SSSR count). The lowest BCUT2D eigenvalue weighted by atomic mass is 10.0. The molecule has 1 N–H and O–H groups in total. The zero-order chi connectivity index (χ0) is 22.1. The van der Waals surface area contributed by atoms with Crippen molar-refractivity contribution in [3.8, 4) is 0 Å². The molecule has 2 unspecified atom stereocenters. The number of nitrogens with zero attached hydrogens (tertiary/aromatic N) is 2. The summed E-state index contributed by atoms with van der Waals surface area (Å²) in [5.41, 5.74) is 1.16. The van der Waals surface area contributed by atoms with Crippen LogP contribution in [0.2, 0.25) is 0 Å². The van der Waals surface area contributed by atoms with Crippen LogP contribution in [-0.4, -0.2) is 46.5 Å². The largest absolute Gasteiger partial charge is 0.416 e. The van der Waals surface area contributed by atoms with Gasteiger partial charge in [0.05, 0.1) is 18.2 Å². The normalized spacial score (nSPS) is 20.5. The molecule has 1 heterocycles. The molecule has 0 bridgehead atoms. The molecule has 0 saturated carbocycles. The maximum absolute atomic E-state index is 12.9. The number of hydrogen-bond acceptors (Lipinski definition) is 5. The smallest absolute Gasteiger partial charge is 0.378 e. The van der Waals surface area contributed by atoms with E-state index in [-0.39, 0.29) is 18.7 Å². The van der Waals surface area contributed by atoms with Crippen LogP contribution < -0.4 is 9.62 Å². The Labute approximate surface area is 174 Å². The predicted octanol–water partition coefficient (Wildman–Crippen LogP) is 3.18. The first-order chi connectivity index (χ1) is 14.0. The van der Waals surface area contributed by atoms with E-state index in [2.05, 4.69) is 4.72 Å². The molecule has 6 nitrogen and oxygen atoms in total. The van der Waals surface area contributed by atoms with Crippen LogP contribution in [0.5, 0.6) is 0 Å².